The molecule has 0 spiro atoms. The fraction of sp³-hybridized carbons (Fsp3) is 0.267. The van der Waals surface area contributed by atoms with E-state index >= 15 is 0 Å². The summed E-state index contributed by atoms with van der Waals surface area (Å²) in [4.78, 5) is 4.31. The van der Waals surface area contributed by atoms with E-state index < -0.39 is 25.9 Å². The van der Waals surface area contributed by atoms with E-state index in [-0.39, 0.29) is 0 Å². The van der Waals surface area contributed by atoms with Crippen molar-refractivity contribution in [2.45, 2.75) is 24.1 Å². The number of nitrogens with zero attached hydrogens (tertiary/aromatic N) is 1. The van der Waals surface area contributed by atoms with Crippen molar-refractivity contribution < 1.29 is 8.50 Å². The molecule has 0 amide bonds. The van der Waals surface area contributed by atoms with Crippen molar-refractivity contribution in [3.63, 3.8) is 0 Å². The number of aryl methyl sites for hydroxylation is 1. The van der Waals surface area contributed by atoms with Crippen LogP contribution in [0.5, 0.6) is 0 Å². The summed E-state index contributed by atoms with van der Waals surface area (Å²) in [6.07, 6.45) is 1.63. The summed E-state index contributed by atoms with van der Waals surface area (Å²) in [6.45, 7) is -2.21. The first-order chi connectivity index (χ1) is 9.60. The maximum atomic E-state index is 13.9. The molecule has 0 N–H and O–H groups in total. The van der Waals surface area contributed by atoms with Gasteiger partial charge in [-0.05, 0) is 0 Å². The second kappa shape index (κ2) is 4.84. The van der Waals surface area contributed by atoms with Crippen LogP contribution in [0.4, 0.5) is 4.39 Å². The van der Waals surface area contributed by atoms with Gasteiger partial charge in [0, 0.05) is 0 Å². The molecule has 0 aliphatic heterocycles. The molecule has 3 heteroatoms. The molecule has 94 valence electrons. The van der Waals surface area contributed by atoms with Crippen LogP contribution in [0.15, 0.2) is 36.5 Å². The first kappa shape index (κ1) is 9.73. The van der Waals surface area contributed by atoms with Crippen LogP contribution in [-0.2, 0) is 0 Å². The summed E-state index contributed by atoms with van der Waals surface area (Å²) in [5, 5.41) is 0. The first-order valence-electron chi connectivity index (χ1n) is 7.36. The summed E-state index contributed by atoms with van der Waals surface area (Å²) in [5.74, 6) is 5.96. The fourth-order valence-corrected chi connectivity index (χ4v) is 4.66. The standard InChI is InChI=1S/C15H18FGeN/c1-11-9-15(12-7-5-6-8-13(12)16)18-10-14(11)17(2,3)4/h5-10H,1-4H3/i1D3. The van der Waals surface area contributed by atoms with Crippen molar-refractivity contribution in [3.05, 3.63) is 47.9 Å². The molecule has 0 saturated carbocycles. The fourth-order valence-electron chi connectivity index (χ4n) is 1.87. The van der Waals surface area contributed by atoms with Crippen LogP contribution in [0.1, 0.15) is 9.68 Å². The first-order valence-corrected chi connectivity index (χ1v) is 13.2. The van der Waals surface area contributed by atoms with Crippen molar-refractivity contribution in [3.8, 4) is 11.3 Å². The quantitative estimate of drug-likeness (QED) is 0.770. The third-order valence-corrected chi connectivity index (χ3v) is 7.09. The molecule has 2 rings (SSSR count). The van der Waals surface area contributed by atoms with E-state index in [1.807, 2.05) is 0 Å². The molecule has 18 heavy (non-hydrogen) atoms. The van der Waals surface area contributed by atoms with E-state index in [0.29, 0.717) is 16.8 Å². The molecule has 1 heterocycles. The van der Waals surface area contributed by atoms with Crippen LogP contribution in [-0.4, -0.2) is 18.3 Å². The Morgan fingerprint density at radius 1 is 1.22 bits per heavy atom. The van der Waals surface area contributed by atoms with Crippen molar-refractivity contribution in [2.24, 2.45) is 0 Å². The predicted octanol–water partition coefficient (Wildman–Crippen LogP) is 3.74. The number of benzene rings is 1. The van der Waals surface area contributed by atoms with Crippen molar-refractivity contribution in [1.82, 2.24) is 4.98 Å². The van der Waals surface area contributed by atoms with E-state index in [2.05, 4.69) is 22.3 Å². The minimum absolute atomic E-state index is 0.309. The Morgan fingerprint density at radius 2 is 1.94 bits per heavy atom. The number of halogens is 1. The molecular formula is C15H18FGeN. The average molecular weight is 307 g/mol. The number of pyridine rings is 1. The Kier molecular flexibility index (Phi) is 2.62. The van der Waals surface area contributed by atoms with Crippen LogP contribution in [0, 0.1) is 12.7 Å². The van der Waals surface area contributed by atoms with Gasteiger partial charge in [-0.3, -0.25) is 0 Å². The zero-order valence-electron chi connectivity index (χ0n) is 13.8. The SMILES string of the molecule is [2H]C([2H])([2H])c1cc(-c2ccccc2F)nc[c]1[Ge]([CH3])([CH3])[CH3]. The summed E-state index contributed by atoms with van der Waals surface area (Å²) < 4.78 is 38.0. The van der Waals surface area contributed by atoms with Crippen LogP contribution in [0.2, 0.25) is 17.3 Å². The molecule has 0 fully saturated rings. The van der Waals surface area contributed by atoms with Crippen LogP contribution in [0.3, 0.4) is 0 Å². The third-order valence-electron chi connectivity index (χ3n) is 2.86. The second-order valence-corrected chi connectivity index (χ2v) is 15.9. The third kappa shape index (κ3) is 2.64. The van der Waals surface area contributed by atoms with Crippen LogP contribution < -0.4 is 4.40 Å². The monoisotopic (exact) mass is 308 g/mol. The Labute approximate surface area is 115 Å². The molecule has 0 saturated heterocycles. The van der Waals surface area contributed by atoms with Gasteiger partial charge in [0.05, 0.1) is 0 Å². The van der Waals surface area contributed by atoms with Gasteiger partial charge in [-0.15, -0.1) is 0 Å². The topological polar surface area (TPSA) is 12.9 Å². The van der Waals surface area contributed by atoms with Gasteiger partial charge < -0.3 is 0 Å². The summed E-state index contributed by atoms with van der Waals surface area (Å²) >= 11 is -2.37. The van der Waals surface area contributed by atoms with Crippen molar-refractivity contribution in [2.75, 3.05) is 0 Å². The van der Waals surface area contributed by atoms with Gasteiger partial charge >= 0.3 is 114 Å². The van der Waals surface area contributed by atoms with E-state index in [0.717, 1.165) is 4.40 Å². The zero-order valence-corrected chi connectivity index (χ0v) is 12.9. The molecular weight excluding hydrogens is 286 g/mol. The normalized spacial score (nSPS) is 14.8. The molecule has 2 aromatic rings. The van der Waals surface area contributed by atoms with E-state index in [1.165, 1.54) is 12.1 Å². The van der Waals surface area contributed by atoms with Crippen LogP contribution >= 0.6 is 0 Å². The Hall–Kier alpha value is -1.16. The van der Waals surface area contributed by atoms with E-state index in [9.17, 15) is 4.39 Å². The summed E-state index contributed by atoms with van der Waals surface area (Å²) in [5.41, 5.74) is 1.01. The Balaban J connectivity index is 2.66. The van der Waals surface area contributed by atoms with Crippen molar-refractivity contribution >= 4 is 17.7 Å². The molecule has 0 aliphatic rings. The zero-order chi connectivity index (χ0) is 15.8. The number of hydrogen-bond acceptors (Lipinski definition) is 1. The molecule has 1 aromatic heterocycles. The molecule has 1 aromatic carbocycles. The van der Waals surface area contributed by atoms with Gasteiger partial charge in [-0.2, -0.15) is 0 Å². The Morgan fingerprint density at radius 3 is 2.56 bits per heavy atom. The van der Waals surface area contributed by atoms with Crippen molar-refractivity contribution in [1.29, 1.82) is 0 Å². The number of aromatic nitrogens is 1. The van der Waals surface area contributed by atoms with Gasteiger partial charge in [0.15, 0.2) is 0 Å². The predicted molar refractivity (Wildman–Crippen MR) is 77.3 cm³/mol. The van der Waals surface area contributed by atoms with E-state index in [1.54, 1.807) is 24.4 Å². The van der Waals surface area contributed by atoms with Gasteiger partial charge in [0.2, 0.25) is 0 Å². The summed E-state index contributed by atoms with van der Waals surface area (Å²) in [6, 6.07) is 7.80. The summed E-state index contributed by atoms with van der Waals surface area (Å²) in [7, 11) is 0. The van der Waals surface area contributed by atoms with Gasteiger partial charge in [-0.25, -0.2) is 0 Å². The number of hydrogen-bond donors (Lipinski definition) is 0. The maximum absolute atomic E-state index is 13.9. The molecule has 0 bridgehead atoms. The Bertz CT molecular complexity index is 663. The van der Waals surface area contributed by atoms with Gasteiger partial charge in [0.1, 0.15) is 0 Å². The molecule has 0 radical (unpaired) electrons. The molecule has 1 nitrogen and oxygen atoms in total. The minimum atomic E-state index is -2.37. The average Bonchev–Trinajstić information content (AvgIpc) is 2.36. The van der Waals surface area contributed by atoms with E-state index in [4.69, 9.17) is 4.11 Å². The molecule has 0 aliphatic carbocycles. The van der Waals surface area contributed by atoms with Crippen LogP contribution in [0.25, 0.3) is 11.3 Å². The second-order valence-electron chi connectivity index (χ2n) is 5.34. The molecule has 0 unspecified atom stereocenters. The number of rotatable bonds is 2. The van der Waals surface area contributed by atoms with Gasteiger partial charge in [-0.1, -0.05) is 0 Å². The van der Waals surface area contributed by atoms with Gasteiger partial charge in [0.25, 0.3) is 0 Å². The molecule has 0 atom stereocenters.